The van der Waals surface area contributed by atoms with Crippen LogP contribution >= 0.6 is 12.2 Å². The number of methoxy groups -OCH3 is 1. The Hall–Kier alpha value is -1.62. The normalized spacial score (nSPS) is 11.0. The highest BCUT2D eigenvalue weighted by Crippen LogP contribution is 2.11. The molecule has 0 aliphatic carbocycles. The highest BCUT2D eigenvalue weighted by molar-refractivity contribution is 7.80. The maximum atomic E-state index is 5.27. The zero-order valence-corrected chi connectivity index (χ0v) is 10.2. The number of rotatable bonds is 4. The van der Waals surface area contributed by atoms with E-state index in [1.165, 1.54) is 0 Å². The van der Waals surface area contributed by atoms with Gasteiger partial charge in [0.25, 0.3) is 0 Å². The van der Waals surface area contributed by atoms with Crippen LogP contribution in [0.5, 0.6) is 5.75 Å². The molecule has 16 heavy (non-hydrogen) atoms. The van der Waals surface area contributed by atoms with Gasteiger partial charge in [0, 0.05) is 12.1 Å². The number of hydrogen-bond acceptors (Lipinski definition) is 3. The molecule has 86 valence electrons. The van der Waals surface area contributed by atoms with Crippen LogP contribution in [0.15, 0.2) is 29.4 Å². The van der Waals surface area contributed by atoms with Crippen LogP contribution in [0.1, 0.15) is 12.5 Å². The summed E-state index contributed by atoms with van der Waals surface area (Å²) in [5, 5.41) is 4.21. The van der Waals surface area contributed by atoms with E-state index in [0.717, 1.165) is 23.4 Å². The number of nitrogens with two attached hydrogens (primary N) is 1. The van der Waals surface area contributed by atoms with Gasteiger partial charge in [-0.2, -0.15) is 5.10 Å². The van der Waals surface area contributed by atoms with Crippen LogP contribution in [0, 0.1) is 0 Å². The fraction of sp³-hybridized carbons (Fsp3) is 0.273. The summed E-state index contributed by atoms with van der Waals surface area (Å²) >= 11 is 4.65. The number of hydrogen-bond donors (Lipinski definition) is 2. The number of benzene rings is 1. The van der Waals surface area contributed by atoms with Crippen molar-refractivity contribution in [2.75, 3.05) is 7.11 Å². The lowest BCUT2D eigenvalue weighted by atomic mass is 10.1. The Morgan fingerprint density at radius 2 is 2.06 bits per heavy atom. The van der Waals surface area contributed by atoms with E-state index < -0.39 is 0 Å². The van der Waals surface area contributed by atoms with E-state index in [0.29, 0.717) is 0 Å². The third-order valence-electron chi connectivity index (χ3n) is 1.98. The Bertz CT molecular complexity index is 387. The molecule has 5 heteroatoms. The second-order valence-electron chi connectivity index (χ2n) is 3.35. The molecule has 1 aromatic rings. The number of nitrogens with zero attached hydrogens (tertiary/aromatic N) is 1. The van der Waals surface area contributed by atoms with Gasteiger partial charge in [-0.05, 0) is 36.8 Å². The first-order chi connectivity index (χ1) is 7.61. The number of nitrogens with one attached hydrogen (secondary N) is 1. The minimum absolute atomic E-state index is 0.175. The van der Waals surface area contributed by atoms with Gasteiger partial charge in [-0.1, -0.05) is 12.1 Å². The molecule has 0 saturated carbocycles. The van der Waals surface area contributed by atoms with Crippen LogP contribution in [0.3, 0.4) is 0 Å². The summed E-state index contributed by atoms with van der Waals surface area (Å²) < 4.78 is 5.08. The molecular weight excluding hydrogens is 222 g/mol. The molecule has 0 heterocycles. The van der Waals surface area contributed by atoms with Gasteiger partial charge >= 0.3 is 0 Å². The second kappa shape index (κ2) is 6.07. The van der Waals surface area contributed by atoms with Crippen LogP contribution in [0.4, 0.5) is 0 Å². The molecule has 0 aliphatic rings. The summed E-state index contributed by atoms with van der Waals surface area (Å²) in [5.74, 6) is 0.847. The zero-order chi connectivity index (χ0) is 12.0. The van der Waals surface area contributed by atoms with Gasteiger partial charge in [0.05, 0.1) is 7.11 Å². The topological polar surface area (TPSA) is 59.6 Å². The Labute approximate surface area is 100 Å². The van der Waals surface area contributed by atoms with Gasteiger partial charge in [0.2, 0.25) is 0 Å². The Morgan fingerprint density at radius 3 is 2.56 bits per heavy atom. The standard InChI is InChI=1S/C11H15N3OS/c1-8(13-14-11(12)16)7-9-3-5-10(15-2)6-4-9/h3-6H,7H2,1-2H3,(H3,12,14,16). The first kappa shape index (κ1) is 12.4. The van der Waals surface area contributed by atoms with Crippen LogP contribution in [-0.4, -0.2) is 17.9 Å². The minimum Gasteiger partial charge on any atom is -0.497 e. The van der Waals surface area contributed by atoms with E-state index in [9.17, 15) is 0 Å². The monoisotopic (exact) mass is 237 g/mol. The molecule has 1 rings (SSSR count). The summed E-state index contributed by atoms with van der Waals surface area (Å²) in [6.07, 6.45) is 0.750. The predicted octanol–water partition coefficient (Wildman–Crippen LogP) is 1.45. The average molecular weight is 237 g/mol. The van der Waals surface area contributed by atoms with Crippen molar-refractivity contribution in [1.29, 1.82) is 0 Å². The molecule has 0 aliphatic heterocycles. The van der Waals surface area contributed by atoms with Crippen molar-refractivity contribution >= 4 is 23.0 Å². The molecule has 0 spiro atoms. The molecule has 0 saturated heterocycles. The van der Waals surface area contributed by atoms with Gasteiger partial charge in [0.1, 0.15) is 5.75 Å². The lowest BCUT2D eigenvalue weighted by Crippen LogP contribution is -2.25. The maximum absolute atomic E-state index is 5.27. The van der Waals surface area contributed by atoms with Gasteiger partial charge in [-0.25, -0.2) is 0 Å². The molecule has 0 fully saturated rings. The van der Waals surface area contributed by atoms with E-state index in [2.05, 4.69) is 22.7 Å². The lowest BCUT2D eigenvalue weighted by molar-refractivity contribution is 0.414. The van der Waals surface area contributed by atoms with E-state index in [4.69, 9.17) is 10.5 Å². The Balaban J connectivity index is 2.58. The van der Waals surface area contributed by atoms with Gasteiger partial charge in [0.15, 0.2) is 5.11 Å². The molecular formula is C11H15N3OS. The lowest BCUT2D eigenvalue weighted by Gasteiger charge is -2.03. The van der Waals surface area contributed by atoms with Crippen molar-refractivity contribution < 1.29 is 4.74 Å². The van der Waals surface area contributed by atoms with Crippen molar-refractivity contribution in [3.63, 3.8) is 0 Å². The van der Waals surface area contributed by atoms with Crippen LogP contribution in [0.25, 0.3) is 0 Å². The third-order valence-corrected chi connectivity index (χ3v) is 2.07. The molecule has 0 atom stereocenters. The van der Waals surface area contributed by atoms with E-state index in [1.54, 1.807) is 7.11 Å². The molecule has 0 bridgehead atoms. The minimum atomic E-state index is 0.175. The molecule has 4 nitrogen and oxygen atoms in total. The van der Waals surface area contributed by atoms with Crippen LogP contribution in [-0.2, 0) is 6.42 Å². The van der Waals surface area contributed by atoms with Crippen molar-refractivity contribution in [1.82, 2.24) is 5.43 Å². The SMILES string of the molecule is COc1ccc(CC(C)=NNC(N)=S)cc1. The molecule has 0 radical (unpaired) electrons. The van der Waals surface area contributed by atoms with Crippen molar-refractivity contribution in [3.8, 4) is 5.75 Å². The Kier molecular flexibility index (Phi) is 4.72. The number of ether oxygens (including phenoxy) is 1. The van der Waals surface area contributed by atoms with Gasteiger partial charge in [-0.3, -0.25) is 5.43 Å². The average Bonchev–Trinajstić information content (AvgIpc) is 2.27. The smallest absolute Gasteiger partial charge is 0.184 e. The summed E-state index contributed by atoms with van der Waals surface area (Å²) in [6.45, 7) is 1.91. The summed E-state index contributed by atoms with van der Waals surface area (Å²) in [6, 6.07) is 7.84. The van der Waals surface area contributed by atoms with Crippen molar-refractivity contribution in [2.45, 2.75) is 13.3 Å². The predicted molar refractivity (Wildman–Crippen MR) is 69.7 cm³/mol. The highest BCUT2D eigenvalue weighted by atomic mass is 32.1. The molecule has 3 N–H and O–H groups in total. The molecule has 1 aromatic carbocycles. The van der Waals surface area contributed by atoms with Gasteiger partial charge < -0.3 is 10.5 Å². The maximum Gasteiger partial charge on any atom is 0.184 e. The Morgan fingerprint density at radius 1 is 1.44 bits per heavy atom. The van der Waals surface area contributed by atoms with E-state index in [-0.39, 0.29) is 5.11 Å². The zero-order valence-electron chi connectivity index (χ0n) is 9.36. The molecule has 0 amide bonds. The fourth-order valence-corrected chi connectivity index (χ4v) is 1.27. The van der Waals surface area contributed by atoms with E-state index >= 15 is 0 Å². The van der Waals surface area contributed by atoms with E-state index in [1.807, 2.05) is 31.2 Å². The first-order valence-electron chi connectivity index (χ1n) is 4.83. The van der Waals surface area contributed by atoms with Crippen molar-refractivity contribution in [3.05, 3.63) is 29.8 Å². The van der Waals surface area contributed by atoms with Crippen molar-refractivity contribution in [2.24, 2.45) is 10.8 Å². The first-order valence-corrected chi connectivity index (χ1v) is 5.24. The highest BCUT2D eigenvalue weighted by Gasteiger charge is 1.97. The summed E-state index contributed by atoms with van der Waals surface area (Å²) in [5.41, 5.74) is 9.90. The second-order valence-corrected chi connectivity index (χ2v) is 3.79. The van der Waals surface area contributed by atoms with Crippen LogP contribution in [0.2, 0.25) is 0 Å². The molecule has 0 aromatic heterocycles. The number of hydrazone groups is 1. The summed E-state index contributed by atoms with van der Waals surface area (Å²) in [7, 11) is 1.65. The van der Waals surface area contributed by atoms with Crippen LogP contribution < -0.4 is 15.9 Å². The largest absolute Gasteiger partial charge is 0.497 e. The fourth-order valence-electron chi connectivity index (χ4n) is 1.23. The molecule has 0 unspecified atom stereocenters. The van der Waals surface area contributed by atoms with Gasteiger partial charge in [-0.15, -0.1) is 0 Å². The third kappa shape index (κ3) is 4.27. The number of thiocarbonyl (C=S) groups is 1. The quantitative estimate of drug-likeness (QED) is 0.473. The summed E-state index contributed by atoms with van der Waals surface area (Å²) in [4.78, 5) is 0.